The minimum atomic E-state index is -0.278. The lowest BCUT2D eigenvalue weighted by Crippen LogP contribution is -2.30. The van der Waals surface area contributed by atoms with E-state index in [-0.39, 0.29) is 5.91 Å². The third-order valence-corrected chi connectivity index (χ3v) is 2.79. The molecule has 0 aromatic heterocycles. The van der Waals surface area contributed by atoms with Gasteiger partial charge in [0.05, 0.1) is 6.61 Å². The predicted octanol–water partition coefficient (Wildman–Crippen LogP) is 2.39. The number of nitrogens with two attached hydrogens (primary N) is 1. The maximum Gasteiger partial charge on any atom is 0.265 e. The van der Waals surface area contributed by atoms with Crippen LogP contribution in [0.4, 0.5) is 0 Å². The molecule has 0 aliphatic carbocycles. The summed E-state index contributed by atoms with van der Waals surface area (Å²) in [5.41, 5.74) is 3.59. The second kappa shape index (κ2) is 8.66. The van der Waals surface area contributed by atoms with Crippen LogP contribution >= 0.6 is 0 Å². The molecule has 1 aromatic rings. The maximum absolute atomic E-state index is 11.5. The SMILES string of the molecule is CCCCCCOCc1ccccc1C(=O)NN. The largest absolute Gasteiger partial charge is 0.377 e. The van der Waals surface area contributed by atoms with Crippen molar-refractivity contribution < 1.29 is 9.53 Å². The fraction of sp³-hybridized carbons (Fsp3) is 0.500. The zero-order valence-corrected chi connectivity index (χ0v) is 10.9. The van der Waals surface area contributed by atoms with Crippen LogP contribution in [-0.2, 0) is 11.3 Å². The van der Waals surface area contributed by atoms with Crippen LogP contribution in [0.15, 0.2) is 24.3 Å². The number of carbonyl (C=O) groups excluding carboxylic acids is 1. The van der Waals surface area contributed by atoms with E-state index in [1.165, 1.54) is 19.3 Å². The van der Waals surface area contributed by atoms with E-state index >= 15 is 0 Å². The molecule has 4 heteroatoms. The number of hydrogen-bond acceptors (Lipinski definition) is 3. The van der Waals surface area contributed by atoms with Crippen molar-refractivity contribution in [1.29, 1.82) is 0 Å². The second-order valence-corrected chi connectivity index (χ2v) is 4.24. The molecular weight excluding hydrogens is 228 g/mol. The number of amides is 1. The molecule has 0 spiro atoms. The molecule has 0 aliphatic heterocycles. The van der Waals surface area contributed by atoms with Gasteiger partial charge >= 0.3 is 0 Å². The molecule has 0 radical (unpaired) electrons. The van der Waals surface area contributed by atoms with Crippen molar-refractivity contribution >= 4 is 5.91 Å². The third-order valence-electron chi connectivity index (χ3n) is 2.79. The van der Waals surface area contributed by atoms with E-state index in [2.05, 4.69) is 12.3 Å². The van der Waals surface area contributed by atoms with E-state index in [1.807, 2.05) is 18.2 Å². The van der Waals surface area contributed by atoms with Gasteiger partial charge in [0.2, 0.25) is 0 Å². The number of nitrogen functional groups attached to an aromatic ring is 1. The number of rotatable bonds is 8. The zero-order chi connectivity index (χ0) is 13.2. The summed E-state index contributed by atoms with van der Waals surface area (Å²) >= 11 is 0. The second-order valence-electron chi connectivity index (χ2n) is 4.24. The Morgan fingerprint density at radius 3 is 2.78 bits per heavy atom. The summed E-state index contributed by atoms with van der Waals surface area (Å²) in [6, 6.07) is 7.34. The standard InChI is InChI=1S/C14H22N2O2/c1-2-3-4-7-10-18-11-12-8-5-6-9-13(12)14(17)16-15/h5-6,8-9H,2-4,7,10-11,15H2,1H3,(H,16,17). The van der Waals surface area contributed by atoms with Gasteiger partial charge in [-0.05, 0) is 18.1 Å². The first-order valence-corrected chi connectivity index (χ1v) is 6.46. The van der Waals surface area contributed by atoms with Crippen LogP contribution in [0.25, 0.3) is 0 Å². The predicted molar refractivity (Wildman–Crippen MR) is 71.9 cm³/mol. The summed E-state index contributed by atoms with van der Waals surface area (Å²) in [4.78, 5) is 11.5. The van der Waals surface area contributed by atoms with E-state index in [1.54, 1.807) is 6.07 Å². The van der Waals surface area contributed by atoms with Crippen molar-refractivity contribution in [2.45, 2.75) is 39.2 Å². The molecule has 100 valence electrons. The van der Waals surface area contributed by atoms with Crippen LogP contribution in [0.2, 0.25) is 0 Å². The lowest BCUT2D eigenvalue weighted by atomic mass is 10.1. The van der Waals surface area contributed by atoms with Gasteiger partial charge < -0.3 is 4.74 Å². The Labute approximate surface area is 108 Å². The van der Waals surface area contributed by atoms with Crippen LogP contribution in [0.1, 0.15) is 48.5 Å². The van der Waals surface area contributed by atoms with Gasteiger partial charge in [0, 0.05) is 12.2 Å². The Hall–Kier alpha value is -1.39. The number of ether oxygens (including phenoxy) is 1. The molecule has 1 amide bonds. The van der Waals surface area contributed by atoms with Crippen LogP contribution in [-0.4, -0.2) is 12.5 Å². The summed E-state index contributed by atoms with van der Waals surface area (Å²) in [5, 5.41) is 0. The molecule has 0 fully saturated rings. The van der Waals surface area contributed by atoms with Gasteiger partial charge in [-0.3, -0.25) is 10.2 Å². The fourth-order valence-corrected chi connectivity index (χ4v) is 1.76. The van der Waals surface area contributed by atoms with Crippen LogP contribution < -0.4 is 11.3 Å². The number of benzene rings is 1. The topological polar surface area (TPSA) is 64.3 Å². The quantitative estimate of drug-likeness (QED) is 0.322. The van der Waals surface area contributed by atoms with E-state index in [9.17, 15) is 4.79 Å². The highest BCUT2D eigenvalue weighted by atomic mass is 16.5. The molecule has 0 atom stereocenters. The number of hydrazine groups is 1. The van der Waals surface area contributed by atoms with E-state index < -0.39 is 0 Å². The minimum absolute atomic E-state index is 0.278. The first-order chi connectivity index (χ1) is 8.79. The van der Waals surface area contributed by atoms with Gasteiger partial charge in [-0.2, -0.15) is 0 Å². The molecule has 0 heterocycles. The average molecular weight is 250 g/mol. The van der Waals surface area contributed by atoms with Crippen LogP contribution in [0.3, 0.4) is 0 Å². The minimum Gasteiger partial charge on any atom is -0.377 e. The molecule has 0 aliphatic rings. The van der Waals surface area contributed by atoms with Gasteiger partial charge in [0.15, 0.2) is 0 Å². The van der Waals surface area contributed by atoms with Crippen molar-refractivity contribution in [2.24, 2.45) is 5.84 Å². The van der Waals surface area contributed by atoms with Crippen LogP contribution in [0.5, 0.6) is 0 Å². The van der Waals surface area contributed by atoms with Gasteiger partial charge in [-0.25, -0.2) is 5.84 Å². The highest BCUT2D eigenvalue weighted by molar-refractivity contribution is 5.95. The summed E-state index contributed by atoms with van der Waals surface area (Å²) in [6.45, 7) is 3.37. The molecular formula is C14H22N2O2. The Morgan fingerprint density at radius 1 is 1.28 bits per heavy atom. The molecule has 1 aromatic carbocycles. The molecule has 3 N–H and O–H groups in total. The highest BCUT2D eigenvalue weighted by Crippen LogP contribution is 2.10. The summed E-state index contributed by atoms with van der Waals surface area (Å²) < 4.78 is 5.58. The lowest BCUT2D eigenvalue weighted by molar-refractivity contribution is 0.0937. The smallest absolute Gasteiger partial charge is 0.265 e. The summed E-state index contributed by atoms with van der Waals surface area (Å²) in [7, 11) is 0. The lowest BCUT2D eigenvalue weighted by Gasteiger charge is -2.08. The van der Waals surface area contributed by atoms with E-state index in [0.29, 0.717) is 12.2 Å². The third kappa shape index (κ3) is 4.85. The van der Waals surface area contributed by atoms with E-state index in [0.717, 1.165) is 18.6 Å². The van der Waals surface area contributed by atoms with Gasteiger partial charge in [-0.15, -0.1) is 0 Å². The molecule has 0 saturated heterocycles. The molecule has 0 saturated carbocycles. The first kappa shape index (κ1) is 14.7. The molecule has 0 unspecified atom stereocenters. The van der Waals surface area contributed by atoms with Gasteiger partial charge in [0.25, 0.3) is 5.91 Å². The van der Waals surface area contributed by atoms with Crippen molar-refractivity contribution in [2.75, 3.05) is 6.61 Å². The number of carbonyl (C=O) groups is 1. The summed E-state index contributed by atoms with van der Waals surface area (Å²) in [5.74, 6) is 4.86. The zero-order valence-electron chi connectivity index (χ0n) is 10.9. The van der Waals surface area contributed by atoms with Crippen molar-refractivity contribution in [3.8, 4) is 0 Å². The molecule has 18 heavy (non-hydrogen) atoms. The average Bonchev–Trinajstić information content (AvgIpc) is 2.42. The Kier molecular flexibility index (Phi) is 7.06. The number of hydrogen-bond donors (Lipinski definition) is 2. The molecule has 0 bridgehead atoms. The first-order valence-electron chi connectivity index (χ1n) is 6.46. The van der Waals surface area contributed by atoms with Crippen molar-refractivity contribution in [3.63, 3.8) is 0 Å². The van der Waals surface area contributed by atoms with Crippen molar-refractivity contribution in [1.82, 2.24) is 5.43 Å². The monoisotopic (exact) mass is 250 g/mol. The summed E-state index contributed by atoms with van der Waals surface area (Å²) in [6.07, 6.45) is 4.73. The molecule has 4 nitrogen and oxygen atoms in total. The number of unbranched alkanes of at least 4 members (excludes halogenated alkanes) is 3. The van der Waals surface area contributed by atoms with Gasteiger partial charge in [0.1, 0.15) is 0 Å². The van der Waals surface area contributed by atoms with E-state index in [4.69, 9.17) is 10.6 Å². The number of nitrogens with one attached hydrogen (secondary N) is 1. The highest BCUT2D eigenvalue weighted by Gasteiger charge is 2.08. The Bertz CT molecular complexity index is 367. The maximum atomic E-state index is 11.5. The van der Waals surface area contributed by atoms with Crippen molar-refractivity contribution in [3.05, 3.63) is 35.4 Å². The van der Waals surface area contributed by atoms with Gasteiger partial charge in [-0.1, -0.05) is 44.4 Å². The van der Waals surface area contributed by atoms with Crippen LogP contribution in [0, 0.1) is 0 Å². The Morgan fingerprint density at radius 2 is 2.06 bits per heavy atom. The normalized spacial score (nSPS) is 10.3. The fourth-order valence-electron chi connectivity index (χ4n) is 1.76. The Balaban J connectivity index is 2.39. The molecule has 1 rings (SSSR count).